The predicted octanol–water partition coefficient (Wildman–Crippen LogP) is 1.27. The summed E-state index contributed by atoms with van der Waals surface area (Å²) in [4.78, 5) is 13.2. The van der Waals surface area contributed by atoms with Gasteiger partial charge in [-0.05, 0) is 12.5 Å². The number of carboxylic acid groups (broad SMARTS) is 1. The van der Waals surface area contributed by atoms with Gasteiger partial charge in [0.15, 0.2) is 0 Å². The van der Waals surface area contributed by atoms with Crippen LogP contribution in [0.25, 0.3) is 0 Å². The van der Waals surface area contributed by atoms with Crippen molar-refractivity contribution < 1.29 is 19.4 Å². The van der Waals surface area contributed by atoms with Gasteiger partial charge in [0.2, 0.25) is 0 Å². The first-order chi connectivity index (χ1) is 9.16. The molecule has 1 heterocycles. The van der Waals surface area contributed by atoms with Crippen LogP contribution < -0.4 is 0 Å². The van der Waals surface area contributed by atoms with Gasteiger partial charge in [-0.15, -0.1) is 0 Å². The molecule has 0 aromatic heterocycles. The van der Waals surface area contributed by atoms with Gasteiger partial charge in [-0.1, -0.05) is 13.0 Å². The number of rotatable bonds is 5. The number of hydrogen-bond acceptors (Lipinski definition) is 4. The second-order valence-electron chi connectivity index (χ2n) is 4.95. The summed E-state index contributed by atoms with van der Waals surface area (Å²) in [5.41, 5.74) is 0.333. The summed E-state index contributed by atoms with van der Waals surface area (Å²) in [6.45, 7) is 6.96. The molecule has 0 amide bonds. The van der Waals surface area contributed by atoms with E-state index in [9.17, 15) is 4.79 Å². The van der Waals surface area contributed by atoms with Gasteiger partial charge in [0.25, 0.3) is 0 Å². The third-order valence-corrected chi connectivity index (χ3v) is 3.50. The Bertz CT molecular complexity index is 383. The third kappa shape index (κ3) is 4.08. The van der Waals surface area contributed by atoms with Crippen LogP contribution in [0.2, 0.25) is 0 Å². The van der Waals surface area contributed by atoms with Crippen molar-refractivity contribution >= 4 is 5.97 Å². The smallest absolute Gasteiger partial charge is 0.335 e. The molecule has 0 saturated carbocycles. The average Bonchev–Trinajstić information content (AvgIpc) is 2.42. The zero-order valence-electron chi connectivity index (χ0n) is 11.3. The molecule has 1 atom stereocenters. The van der Waals surface area contributed by atoms with Crippen molar-refractivity contribution in [3.63, 3.8) is 0 Å². The minimum Gasteiger partial charge on any atom is -0.496 e. The van der Waals surface area contributed by atoms with Crippen LogP contribution in [0.4, 0.5) is 0 Å². The Kier molecular flexibility index (Phi) is 4.99. The Morgan fingerprint density at radius 3 is 2.95 bits per heavy atom. The molecule has 106 valence electrons. The molecule has 0 aromatic carbocycles. The molecule has 0 aromatic rings. The van der Waals surface area contributed by atoms with Crippen LogP contribution in [0.5, 0.6) is 0 Å². The second-order valence-corrected chi connectivity index (χ2v) is 4.95. The predicted molar refractivity (Wildman–Crippen MR) is 70.8 cm³/mol. The fraction of sp³-hybridized carbons (Fsp3) is 0.643. The van der Waals surface area contributed by atoms with Gasteiger partial charge in [0.1, 0.15) is 6.61 Å². The highest BCUT2D eigenvalue weighted by Crippen LogP contribution is 2.24. The summed E-state index contributed by atoms with van der Waals surface area (Å²) in [5, 5.41) is 8.98. The Morgan fingerprint density at radius 1 is 1.53 bits per heavy atom. The van der Waals surface area contributed by atoms with Crippen molar-refractivity contribution in [2.75, 3.05) is 39.5 Å². The lowest BCUT2D eigenvalue weighted by molar-refractivity contribution is -0.132. The van der Waals surface area contributed by atoms with Crippen molar-refractivity contribution in [1.82, 2.24) is 4.90 Å². The molecular weight excluding hydrogens is 246 g/mol. The van der Waals surface area contributed by atoms with Crippen molar-refractivity contribution in [3.05, 3.63) is 23.5 Å². The van der Waals surface area contributed by atoms with Gasteiger partial charge in [0, 0.05) is 25.6 Å². The maximum absolute atomic E-state index is 10.9. The lowest BCUT2D eigenvalue weighted by atomic mass is 9.96. The lowest BCUT2D eigenvalue weighted by Gasteiger charge is -2.27. The first-order valence-electron chi connectivity index (χ1n) is 6.75. The SMILES string of the molecule is CC1CC=C(C(=O)O)C=C1OCCN1CCOCC1. The summed E-state index contributed by atoms with van der Waals surface area (Å²) in [6, 6.07) is 0. The molecule has 19 heavy (non-hydrogen) atoms. The maximum atomic E-state index is 10.9. The molecule has 0 bridgehead atoms. The standard InChI is InChI=1S/C14H21NO4/c1-11-2-3-12(14(16)17)10-13(11)19-9-6-15-4-7-18-8-5-15/h3,10-11H,2,4-9H2,1H3,(H,16,17). The average molecular weight is 267 g/mol. The highest BCUT2D eigenvalue weighted by molar-refractivity contribution is 5.90. The van der Waals surface area contributed by atoms with Gasteiger partial charge < -0.3 is 14.6 Å². The molecule has 1 N–H and O–H groups in total. The number of morpholine rings is 1. The molecule has 0 spiro atoms. The van der Waals surface area contributed by atoms with Crippen LogP contribution in [0.15, 0.2) is 23.5 Å². The molecule has 1 aliphatic carbocycles. The summed E-state index contributed by atoms with van der Waals surface area (Å²) in [5.74, 6) is 0.155. The van der Waals surface area contributed by atoms with Gasteiger partial charge in [-0.2, -0.15) is 0 Å². The molecule has 1 aliphatic heterocycles. The largest absolute Gasteiger partial charge is 0.496 e. The number of carboxylic acids is 1. The fourth-order valence-electron chi connectivity index (χ4n) is 2.22. The summed E-state index contributed by atoms with van der Waals surface area (Å²) < 4.78 is 11.0. The lowest BCUT2D eigenvalue weighted by Crippen LogP contribution is -2.38. The van der Waals surface area contributed by atoms with E-state index in [1.54, 1.807) is 12.2 Å². The number of nitrogens with zero attached hydrogens (tertiary/aromatic N) is 1. The van der Waals surface area contributed by atoms with Gasteiger partial charge in [-0.3, -0.25) is 4.90 Å². The first-order valence-corrected chi connectivity index (χ1v) is 6.75. The molecule has 1 fully saturated rings. The molecule has 2 aliphatic rings. The van der Waals surface area contributed by atoms with Crippen molar-refractivity contribution in [2.24, 2.45) is 5.92 Å². The molecule has 1 saturated heterocycles. The Labute approximate surface area is 113 Å². The van der Waals surface area contributed by atoms with E-state index in [0.717, 1.165) is 45.0 Å². The first kappa shape index (κ1) is 14.1. The molecule has 2 rings (SSSR count). The number of hydrogen-bond donors (Lipinski definition) is 1. The van der Waals surface area contributed by atoms with Crippen LogP contribution in [0.1, 0.15) is 13.3 Å². The van der Waals surface area contributed by atoms with Crippen LogP contribution in [-0.4, -0.2) is 55.4 Å². The van der Waals surface area contributed by atoms with Crippen molar-refractivity contribution in [2.45, 2.75) is 13.3 Å². The maximum Gasteiger partial charge on any atom is 0.335 e. The van der Waals surface area contributed by atoms with E-state index in [4.69, 9.17) is 14.6 Å². The summed E-state index contributed by atoms with van der Waals surface area (Å²) >= 11 is 0. The van der Waals surface area contributed by atoms with Crippen LogP contribution in [-0.2, 0) is 14.3 Å². The zero-order chi connectivity index (χ0) is 13.7. The van der Waals surface area contributed by atoms with E-state index < -0.39 is 5.97 Å². The normalized spacial score (nSPS) is 24.6. The van der Waals surface area contributed by atoms with Gasteiger partial charge >= 0.3 is 5.97 Å². The number of ether oxygens (including phenoxy) is 2. The molecule has 5 nitrogen and oxygen atoms in total. The van der Waals surface area contributed by atoms with Crippen LogP contribution in [0, 0.1) is 5.92 Å². The molecular formula is C14H21NO4. The Balaban J connectivity index is 1.80. The molecule has 5 heteroatoms. The van der Waals surface area contributed by atoms with E-state index in [0.29, 0.717) is 12.2 Å². The second kappa shape index (κ2) is 6.73. The van der Waals surface area contributed by atoms with Crippen LogP contribution >= 0.6 is 0 Å². The minimum atomic E-state index is -0.888. The van der Waals surface area contributed by atoms with E-state index in [1.807, 2.05) is 0 Å². The highest BCUT2D eigenvalue weighted by Gasteiger charge is 2.18. The Hall–Kier alpha value is -1.33. The quantitative estimate of drug-likeness (QED) is 0.813. The molecule has 1 unspecified atom stereocenters. The van der Waals surface area contributed by atoms with Gasteiger partial charge in [-0.25, -0.2) is 4.79 Å². The van der Waals surface area contributed by atoms with Crippen LogP contribution in [0.3, 0.4) is 0 Å². The van der Waals surface area contributed by atoms with Gasteiger partial charge in [0.05, 0.1) is 24.5 Å². The molecule has 0 radical (unpaired) electrons. The third-order valence-electron chi connectivity index (χ3n) is 3.50. The number of allylic oxidation sites excluding steroid dienone is 2. The van der Waals surface area contributed by atoms with E-state index in [1.165, 1.54) is 0 Å². The minimum absolute atomic E-state index is 0.257. The van der Waals surface area contributed by atoms with Crippen molar-refractivity contribution in [3.8, 4) is 0 Å². The Morgan fingerprint density at radius 2 is 2.26 bits per heavy atom. The number of aliphatic carboxylic acids is 1. The van der Waals surface area contributed by atoms with Crippen molar-refractivity contribution in [1.29, 1.82) is 0 Å². The zero-order valence-corrected chi connectivity index (χ0v) is 11.3. The van der Waals surface area contributed by atoms with E-state index in [-0.39, 0.29) is 5.92 Å². The van der Waals surface area contributed by atoms with E-state index in [2.05, 4.69) is 11.8 Å². The monoisotopic (exact) mass is 267 g/mol. The topological polar surface area (TPSA) is 59.0 Å². The number of carbonyl (C=O) groups is 1. The summed E-state index contributed by atoms with van der Waals surface area (Å²) in [6.07, 6.45) is 4.13. The highest BCUT2D eigenvalue weighted by atomic mass is 16.5. The fourth-order valence-corrected chi connectivity index (χ4v) is 2.22. The van der Waals surface area contributed by atoms with E-state index >= 15 is 0 Å². The summed E-state index contributed by atoms with van der Waals surface area (Å²) in [7, 11) is 0.